The molecule has 2 aromatic rings. The van der Waals surface area contributed by atoms with Gasteiger partial charge < -0.3 is 4.90 Å². The van der Waals surface area contributed by atoms with E-state index in [0.29, 0.717) is 6.54 Å². The number of amides is 1. The number of hydrogen-bond donors (Lipinski definition) is 1. The molecule has 0 aliphatic carbocycles. The molecular formula is C20H26N2O3S. The highest BCUT2D eigenvalue weighted by Gasteiger charge is 2.19. The molecule has 0 aliphatic heterocycles. The fourth-order valence-electron chi connectivity index (χ4n) is 2.45. The van der Waals surface area contributed by atoms with Crippen LogP contribution in [0.1, 0.15) is 31.9 Å². The number of hydrogen-bond acceptors (Lipinski definition) is 3. The quantitative estimate of drug-likeness (QED) is 0.845. The van der Waals surface area contributed by atoms with E-state index in [2.05, 4.69) is 25.5 Å². The number of benzene rings is 2. The highest BCUT2D eigenvalue weighted by Crippen LogP contribution is 2.23. The molecule has 0 saturated carbocycles. The van der Waals surface area contributed by atoms with Crippen molar-refractivity contribution in [1.29, 1.82) is 0 Å². The molecule has 1 amide bonds. The van der Waals surface area contributed by atoms with Crippen LogP contribution in [0.5, 0.6) is 0 Å². The molecule has 0 spiro atoms. The molecule has 0 saturated heterocycles. The van der Waals surface area contributed by atoms with E-state index in [4.69, 9.17) is 0 Å². The Morgan fingerprint density at radius 2 is 1.58 bits per heavy atom. The van der Waals surface area contributed by atoms with Crippen LogP contribution in [0.3, 0.4) is 0 Å². The SMILES string of the molecule is CN(Cc1ccccc1)C(=O)CNS(=O)(=O)c1ccc(C(C)(C)C)cc1. The first-order valence-electron chi connectivity index (χ1n) is 8.48. The van der Waals surface area contributed by atoms with E-state index in [9.17, 15) is 13.2 Å². The maximum atomic E-state index is 12.4. The van der Waals surface area contributed by atoms with Gasteiger partial charge in [0.05, 0.1) is 11.4 Å². The minimum Gasteiger partial charge on any atom is -0.340 e. The van der Waals surface area contributed by atoms with Gasteiger partial charge in [0, 0.05) is 13.6 Å². The standard InChI is InChI=1S/C20H26N2O3S/c1-20(2,3)17-10-12-18(13-11-17)26(24,25)21-14-19(23)22(4)15-16-8-6-5-7-9-16/h5-13,21H,14-15H2,1-4H3. The highest BCUT2D eigenvalue weighted by molar-refractivity contribution is 7.89. The van der Waals surface area contributed by atoms with E-state index in [1.807, 2.05) is 30.3 Å². The molecule has 0 atom stereocenters. The Labute approximate surface area is 156 Å². The van der Waals surface area contributed by atoms with E-state index in [1.165, 1.54) is 4.90 Å². The van der Waals surface area contributed by atoms with E-state index in [0.717, 1.165) is 11.1 Å². The van der Waals surface area contributed by atoms with Gasteiger partial charge in [-0.25, -0.2) is 13.1 Å². The lowest BCUT2D eigenvalue weighted by molar-refractivity contribution is -0.129. The number of rotatable bonds is 6. The van der Waals surface area contributed by atoms with Crippen LogP contribution in [0.15, 0.2) is 59.5 Å². The third-order valence-electron chi connectivity index (χ3n) is 4.13. The number of likely N-dealkylation sites (N-methyl/N-ethyl adjacent to an activating group) is 1. The van der Waals surface area contributed by atoms with Crippen molar-refractivity contribution in [3.05, 3.63) is 65.7 Å². The van der Waals surface area contributed by atoms with Crippen LogP contribution in [0, 0.1) is 0 Å². The second-order valence-electron chi connectivity index (χ2n) is 7.33. The number of carbonyl (C=O) groups is 1. The van der Waals surface area contributed by atoms with E-state index in [1.54, 1.807) is 31.3 Å². The van der Waals surface area contributed by atoms with Crippen LogP contribution < -0.4 is 4.72 Å². The number of sulfonamides is 1. The Kier molecular flexibility index (Phi) is 6.21. The topological polar surface area (TPSA) is 66.5 Å². The van der Waals surface area contributed by atoms with Gasteiger partial charge in [0.15, 0.2) is 0 Å². The molecule has 2 aromatic carbocycles. The minimum absolute atomic E-state index is 0.0498. The van der Waals surface area contributed by atoms with Gasteiger partial charge in [0.25, 0.3) is 0 Å². The maximum Gasteiger partial charge on any atom is 0.241 e. The van der Waals surface area contributed by atoms with Gasteiger partial charge in [0.1, 0.15) is 0 Å². The van der Waals surface area contributed by atoms with E-state index < -0.39 is 10.0 Å². The number of nitrogens with zero attached hydrogens (tertiary/aromatic N) is 1. The van der Waals surface area contributed by atoms with Crippen molar-refractivity contribution in [2.45, 2.75) is 37.6 Å². The fraction of sp³-hybridized carbons (Fsp3) is 0.350. The normalized spacial score (nSPS) is 12.0. The van der Waals surface area contributed by atoms with Gasteiger partial charge in [-0.3, -0.25) is 4.79 Å². The number of carbonyl (C=O) groups excluding carboxylic acids is 1. The summed E-state index contributed by atoms with van der Waals surface area (Å²) in [7, 11) is -2.07. The summed E-state index contributed by atoms with van der Waals surface area (Å²) in [5, 5.41) is 0. The third kappa shape index (κ3) is 5.41. The summed E-state index contributed by atoms with van der Waals surface area (Å²) < 4.78 is 27.2. The Balaban J connectivity index is 1.97. The first kappa shape index (κ1) is 20.1. The van der Waals surface area contributed by atoms with Crippen LogP contribution in [-0.2, 0) is 26.8 Å². The third-order valence-corrected chi connectivity index (χ3v) is 5.55. The van der Waals surface area contributed by atoms with Crippen molar-refractivity contribution in [2.24, 2.45) is 0 Å². The average Bonchev–Trinajstić information content (AvgIpc) is 2.60. The highest BCUT2D eigenvalue weighted by atomic mass is 32.2. The van der Waals surface area contributed by atoms with E-state index in [-0.39, 0.29) is 22.8 Å². The lowest BCUT2D eigenvalue weighted by Gasteiger charge is -2.19. The molecule has 0 heterocycles. The summed E-state index contributed by atoms with van der Waals surface area (Å²) in [6, 6.07) is 16.3. The molecule has 5 nitrogen and oxygen atoms in total. The summed E-state index contributed by atoms with van der Waals surface area (Å²) in [5.74, 6) is -0.288. The van der Waals surface area contributed by atoms with Gasteiger partial charge in [-0.15, -0.1) is 0 Å². The summed E-state index contributed by atoms with van der Waals surface area (Å²) >= 11 is 0. The van der Waals surface area contributed by atoms with Gasteiger partial charge in [0.2, 0.25) is 15.9 Å². The average molecular weight is 375 g/mol. The molecule has 0 fully saturated rings. The summed E-state index contributed by atoms with van der Waals surface area (Å²) in [6.07, 6.45) is 0. The van der Waals surface area contributed by atoms with Crippen molar-refractivity contribution in [1.82, 2.24) is 9.62 Å². The van der Waals surface area contributed by atoms with Gasteiger partial charge in [-0.1, -0.05) is 63.2 Å². The second kappa shape index (κ2) is 8.01. The van der Waals surface area contributed by atoms with Crippen LogP contribution in [0.25, 0.3) is 0 Å². The van der Waals surface area contributed by atoms with Crippen molar-refractivity contribution >= 4 is 15.9 Å². The van der Waals surface area contributed by atoms with Crippen LogP contribution >= 0.6 is 0 Å². The molecule has 140 valence electrons. The van der Waals surface area contributed by atoms with Gasteiger partial charge in [-0.05, 0) is 28.7 Å². The molecule has 6 heteroatoms. The fourth-order valence-corrected chi connectivity index (χ4v) is 3.43. The van der Waals surface area contributed by atoms with E-state index >= 15 is 0 Å². The Morgan fingerprint density at radius 1 is 1.00 bits per heavy atom. The van der Waals surface area contributed by atoms with Crippen molar-refractivity contribution in [2.75, 3.05) is 13.6 Å². The Morgan fingerprint density at radius 3 is 2.12 bits per heavy atom. The number of nitrogens with one attached hydrogen (secondary N) is 1. The first-order valence-corrected chi connectivity index (χ1v) is 9.96. The molecular weight excluding hydrogens is 348 g/mol. The van der Waals surface area contributed by atoms with Crippen molar-refractivity contribution in [3.63, 3.8) is 0 Å². The molecule has 26 heavy (non-hydrogen) atoms. The second-order valence-corrected chi connectivity index (χ2v) is 9.10. The van der Waals surface area contributed by atoms with Crippen LogP contribution in [0.4, 0.5) is 0 Å². The van der Waals surface area contributed by atoms with Crippen molar-refractivity contribution in [3.8, 4) is 0 Å². The van der Waals surface area contributed by atoms with Gasteiger partial charge >= 0.3 is 0 Å². The molecule has 0 radical (unpaired) electrons. The first-order chi connectivity index (χ1) is 12.1. The van der Waals surface area contributed by atoms with Gasteiger partial charge in [-0.2, -0.15) is 0 Å². The smallest absolute Gasteiger partial charge is 0.241 e. The van der Waals surface area contributed by atoms with Crippen LogP contribution in [-0.4, -0.2) is 32.8 Å². The molecule has 0 unspecified atom stereocenters. The largest absolute Gasteiger partial charge is 0.340 e. The molecule has 0 aromatic heterocycles. The molecule has 1 N–H and O–H groups in total. The summed E-state index contributed by atoms with van der Waals surface area (Å²) in [4.78, 5) is 13.9. The maximum absolute atomic E-state index is 12.4. The zero-order chi connectivity index (χ0) is 19.4. The van der Waals surface area contributed by atoms with Crippen LogP contribution in [0.2, 0.25) is 0 Å². The lowest BCUT2D eigenvalue weighted by atomic mass is 9.87. The lowest BCUT2D eigenvalue weighted by Crippen LogP contribution is -2.37. The Bertz CT molecular complexity index is 839. The van der Waals surface area contributed by atoms with Crippen molar-refractivity contribution < 1.29 is 13.2 Å². The predicted octanol–water partition coefficient (Wildman–Crippen LogP) is 2.92. The monoisotopic (exact) mass is 374 g/mol. The summed E-state index contributed by atoms with van der Waals surface area (Å²) in [5.41, 5.74) is 1.99. The summed E-state index contributed by atoms with van der Waals surface area (Å²) in [6.45, 7) is 6.36. The zero-order valence-electron chi connectivity index (χ0n) is 15.7. The predicted molar refractivity (Wildman–Crippen MR) is 103 cm³/mol. The molecule has 2 rings (SSSR count). The minimum atomic E-state index is -3.72. The Hall–Kier alpha value is -2.18. The molecule has 0 bridgehead atoms. The zero-order valence-corrected chi connectivity index (χ0v) is 16.5. The molecule has 0 aliphatic rings.